The first-order chi connectivity index (χ1) is 4.72. The molecule has 2 nitrogen and oxygen atoms in total. The fraction of sp³-hybridized carbons (Fsp3) is 0.625. The Balaban J connectivity index is 1.94. The molecule has 0 aromatic rings. The lowest BCUT2D eigenvalue weighted by molar-refractivity contribution is -0.148. The molecule has 1 saturated carbocycles. The summed E-state index contributed by atoms with van der Waals surface area (Å²) in [6, 6.07) is 0. The number of carbonyl (C=O) groups is 1. The highest BCUT2D eigenvalue weighted by molar-refractivity contribution is 5.71. The van der Waals surface area contributed by atoms with Crippen LogP contribution in [0.2, 0.25) is 0 Å². The Kier molecular flexibility index (Phi) is 0.967. The minimum atomic E-state index is -0.620. The number of hydrogen-bond donors (Lipinski definition) is 1. The average Bonchev–Trinajstić information content (AvgIpc) is 1.54. The Labute approximate surface area is 59.5 Å². The highest BCUT2D eigenvalue weighted by Gasteiger charge is 2.47. The molecule has 54 valence electrons. The zero-order valence-corrected chi connectivity index (χ0v) is 5.71. The van der Waals surface area contributed by atoms with Crippen molar-refractivity contribution in [1.82, 2.24) is 0 Å². The molecule has 0 saturated heterocycles. The molecule has 0 amide bonds. The van der Waals surface area contributed by atoms with Gasteiger partial charge in [0.1, 0.15) is 0 Å². The smallest absolute Gasteiger partial charge is 0.306 e. The largest absolute Gasteiger partial charge is 0.481 e. The summed E-state index contributed by atoms with van der Waals surface area (Å²) in [6.45, 7) is 0. The molecule has 0 aromatic carbocycles. The van der Waals surface area contributed by atoms with Crippen molar-refractivity contribution in [2.45, 2.75) is 19.3 Å². The van der Waals surface area contributed by atoms with E-state index in [0.29, 0.717) is 5.41 Å². The Bertz CT molecular complexity index is 199. The third-order valence-corrected chi connectivity index (χ3v) is 2.65. The molecule has 1 fully saturated rings. The van der Waals surface area contributed by atoms with E-state index < -0.39 is 5.97 Å². The second-order valence-corrected chi connectivity index (χ2v) is 3.41. The molecule has 0 atom stereocenters. The first-order valence-electron chi connectivity index (χ1n) is 3.62. The van der Waals surface area contributed by atoms with E-state index in [1.165, 1.54) is 0 Å². The highest BCUT2D eigenvalue weighted by Crippen LogP contribution is 2.54. The molecular weight excluding hydrogens is 128 g/mol. The second kappa shape index (κ2) is 1.62. The lowest BCUT2D eigenvalue weighted by atomic mass is 9.56. The second-order valence-electron chi connectivity index (χ2n) is 3.41. The van der Waals surface area contributed by atoms with E-state index in [0.717, 1.165) is 19.3 Å². The highest BCUT2D eigenvalue weighted by atomic mass is 16.4. The minimum Gasteiger partial charge on any atom is -0.481 e. The Morgan fingerprint density at radius 3 is 2.50 bits per heavy atom. The molecule has 1 spiro atoms. The normalized spacial score (nSPS) is 42.6. The van der Waals surface area contributed by atoms with Gasteiger partial charge in [0.15, 0.2) is 0 Å². The first-order valence-corrected chi connectivity index (χ1v) is 3.62. The topological polar surface area (TPSA) is 37.3 Å². The van der Waals surface area contributed by atoms with E-state index in [2.05, 4.69) is 12.2 Å². The van der Waals surface area contributed by atoms with Gasteiger partial charge in [-0.25, -0.2) is 0 Å². The number of carboxylic acid groups (broad SMARTS) is 1. The summed E-state index contributed by atoms with van der Waals surface area (Å²) >= 11 is 0. The van der Waals surface area contributed by atoms with Gasteiger partial charge in [0.2, 0.25) is 0 Å². The van der Waals surface area contributed by atoms with Crippen molar-refractivity contribution >= 4 is 5.97 Å². The standard InChI is InChI=1S/C8H10O2/c9-7(10)6-4-8(5-6)2-1-3-8/h1-2,6H,3-5H2,(H,9,10). The summed E-state index contributed by atoms with van der Waals surface area (Å²) in [5.74, 6) is -0.670. The molecule has 0 bridgehead atoms. The van der Waals surface area contributed by atoms with Crippen molar-refractivity contribution < 1.29 is 9.90 Å². The van der Waals surface area contributed by atoms with Gasteiger partial charge in [-0.3, -0.25) is 4.79 Å². The zero-order chi connectivity index (χ0) is 7.19. The van der Waals surface area contributed by atoms with Crippen LogP contribution in [0.25, 0.3) is 0 Å². The zero-order valence-electron chi connectivity index (χ0n) is 5.71. The van der Waals surface area contributed by atoms with Gasteiger partial charge in [0, 0.05) is 0 Å². The molecular formula is C8H10O2. The fourth-order valence-corrected chi connectivity index (χ4v) is 1.85. The predicted molar refractivity (Wildman–Crippen MR) is 36.5 cm³/mol. The Hall–Kier alpha value is -0.790. The predicted octanol–water partition coefficient (Wildman–Crippen LogP) is 1.43. The maximum absolute atomic E-state index is 10.4. The van der Waals surface area contributed by atoms with E-state index in [1.54, 1.807) is 0 Å². The van der Waals surface area contributed by atoms with Crippen molar-refractivity contribution in [3.05, 3.63) is 12.2 Å². The van der Waals surface area contributed by atoms with Gasteiger partial charge in [-0.05, 0) is 24.7 Å². The molecule has 1 N–H and O–H groups in total. The lowest BCUT2D eigenvalue weighted by Crippen LogP contribution is -2.42. The number of rotatable bonds is 1. The third-order valence-electron chi connectivity index (χ3n) is 2.65. The summed E-state index contributed by atoms with van der Waals surface area (Å²) in [5.41, 5.74) is 0.336. The maximum Gasteiger partial charge on any atom is 0.306 e. The van der Waals surface area contributed by atoms with Crippen LogP contribution in [-0.4, -0.2) is 11.1 Å². The van der Waals surface area contributed by atoms with Gasteiger partial charge in [-0.15, -0.1) is 0 Å². The van der Waals surface area contributed by atoms with E-state index in [9.17, 15) is 4.79 Å². The van der Waals surface area contributed by atoms with Crippen LogP contribution in [0, 0.1) is 11.3 Å². The number of aliphatic carboxylic acids is 1. The number of hydrogen-bond acceptors (Lipinski definition) is 1. The minimum absolute atomic E-state index is 0.0510. The van der Waals surface area contributed by atoms with E-state index in [-0.39, 0.29) is 5.92 Å². The molecule has 2 heteroatoms. The van der Waals surface area contributed by atoms with Crippen LogP contribution in [0.15, 0.2) is 12.2 Å². The molecule has 0 aromatic heterocycles. The van der Waals surface area contributed by atoms with E-state index in [4.69, 9.17) is 5.11 Å². The average molecular weight is 138 g/mol. The van der Waals surface area contributed by atoms with Crippen molar-refractivity contribution in [2.75, 3.05) is 0 Å². The van der Waals surface area contributed by atoms with Crippen LogP contribution in [0.1, 0.15) is 19.3 Å². The van der Waals surface area contributed by atoms with Crippen molar-refractivity contribution in [3.63, 3.8) is 0 Å². The van der Waals surface area contributed by atoms with Crippen molar-refractivity contribution in [3.8, 4) is 0 Å². The summed E-state index contributed by atoms with van der Waals surface area (Å²) in [6.07, 6.45) is 7.14. The number of allylic oxidation sites excluding steroid dienone is 2. The Morgan fingerprint density at radius 1 is 1.60 bits per heavy atom. The van der Waals surface area contributed by atoms with Gasteiger partial charge in [-0.1, -0.05) is 12.2 Å². The third kappa shape index (κ3) is 0.618. The monoisotopic (exact) mass is 138 g/mol. The molecule has 2 rings (SSSR count). The van der Waals surface area contributed by atoms with Crippen LogP contribution in [0.3, 0.4) is 0 Å². The molecule has 0 unspecified atom stereocenters. The summed E-state index contributed by atoms with van der Waals surface area (Å²) < 4.78 is 0. The molecule has 0 radical (unpaired) electrons. The molecule has 2 aliphatic rings. The first kappa shape index (κ1) is 5.96. The maximum atomic E-state index is 10.4. The molecule has 0 heterocycles. The fourth-order valence-electron chi connectivity index (χ4n) is 1.85. The summed E-state index contributed by atoms with van der Waals surface area (Å²) in [7, 11) is 0. The van der Waals surface area contributed by atoms with Gasteiger partial charge in [0.25, 0.3) is 0 Å². The molecule has 0 aliphatic heterocycles. The van der Waals surface area contributed by atoms with Crippen LogP contribution in [0.4, 0.5) is 0 Å². The van der Waals surface area contributed by atoms with Gasteiger partial charge in [-0.2, -0.15) is 0 Å². The summed E-state index contributed by atoms with van der Waals surface area (Å²) in [5, 5.41) is 8.56. The SMILES string of the molecule is O=C(O)C1CC2(C=CC2)C1. The van der Waals surface area contributed by atoms with Crippen LogP contribution in [-0.2, 0) is 4.79 Å². The van der Waals surface area contributed by atoms with Crippen molar-refractivity contribution in [2.24, 2.45) is 11.3 Å². The van der Waals surface area contributed by atoms with Gasteiger partial charge < -0.3 is 5.11 Å². The van der Waals surface area contributed by atoms with E-state index in [1.807, 2.05) is 0 Å². The van der Waals surface area contributed by atoms with Crippen molar-refractivity contribution in [1.29, 1.82) is 0 Å². The van der Waals surface area contributed by atoms with Gasteiger partial charge >= 0.3 is 5.97 Å². The van der Waals surface area contributed by atoms with Crippen LogP contribution < -0.4 is 0 Å². The van der Waals surface area contributed by atoms with Crippen LogP contribution in [0.5, 0.6) is 0 Å². The Morgan fingerprint density at radius 2 is 2.20 bits per heavy atom. The summed E-state index contributed by atoms with van der Waals surface area (Å²) in [4.78, 5) is 10.4. The van der Waals surface area contributed by atoms with Gasteiger partial charge in [0.05, 0.1) is 5.92 Å². The quantitative estimate of drug-likeness (QED) is 0.556. The van der Waals surface area contributed by atoms with Crippen LogP contribution >= 0.6 is 0 Å². The number of carboxylic acids is 1. The lowest BCUT2D eigenvalue weighted by Gasteiger charge is -2.47. The van der Waals surface area contributed by atoms with E-state index >= 15 is 0 Å². The molecule has 10 heavy (non-hydrogen) atoms. The molecule has 2 aliphatic carbocycles.